The van der Waals surface area contributed by atoms with Crippen molar-refractivity contribution < 1.29 is 14.7 Å². The van der Waals surface area contributed by atoms with E-state index in [9.17, 15) is 19.2 Å². The zero-order valence-electron chi connectivity index (χ0n) is 11.3. The molecule has 8 heteroatoms. The molecule has 1 atom stereocenters. The first kappa shape index (κ1) is 15.2. The van der Waals surface area contributed by atoms with E-state index >= 15 is 0 Å². The number of H-pyrrole nitrogens is 2. The zero-order valence-corrected chi connectivity index (χ0v) is 11.3. The molecular formula is C14H13N3O5. The molecule has 114 valence electrons. The third-order valence-electron chi connectivity index (χ3n) is 2.95. The van der Waals surface area contributed by atoms with Gasteiger partial charge >= 0.3 is 11.7 Å². The van der Waals surface area contributed by atoms with Crippen LogP contribution in [0.1, 0.15) is 28.4 Å². The van der Waals surface area contributed by atoms with Crippen LogP contribution < -0.4 is 16.6 Å². The van der Waals surface area contributed by atoms with Crippen LogP contribution in [0.25, 0.3) is 0 Å². The summed E-state index contributed by atoms with van der Waals surface area (Å²) in [6, 6.07) is 7.73. The minimum absolute atomic E-state index is 0.300. The SMILES string of the molecule is O=C(O)C[C@@H](NC(=O)c1c[nH]c(=O)[nH]c1=O)c1ccccc1. The molecule has 8 nitrogen and oxygen atoms in total. The van der Waals surface area contributed by atoms with Gasteiger partial charge in [-0.15, -0.1) is 0 Å². The van der Waals surface area contributed by atoms with Gasteiger partial charge in [0.15, 0.2) is 0 Å². The lowest BCUT2D eigenvalue weighted by molar-refractivity contribution is -0.137. The predicted molar refractivity (Wildman–Crippen MR) is 76.6 cm³/mol. The van der Waals surface area contributed by atoms with Crippen LogP contribution in [-0.2, 0) is 4.79 Å². The molecule has 0 spiro atoms. The second kappa shape index (κ2) is 6.53. The van der Waals surface area contributed by atoms with E-state index in [0.717, 1.165) is 6.20 Å². The standard InChI is InChI=1S/C14H13N3O5/c18-11(19)6-10(8-4-2-1-3-5-8)16-12(20)9-7-15-14(22)17-13(9)21/h1-5,7,10H,6H2,(H,16,20)(H,18,19)(H2,15,17,21,22)/t10-/m1/s1. The summed E-state index contributed by atoms with van der Waals surface area (Å²) in [6.07, 6.45) is 0.649. The van der Waals surface area contributed by atoms with E-state index in [4.69, 9.17) is 5.11 Å². The van der Waals surface area contributed by atoms with Crippen molar-refractivity contribution in [3.05, 3.63) is 68.5 Å². The summed E-state index contributed by atoms with van der Waals surface area (Å²) >= 11 is 0. The molecule has 0 saturated heterocycles. The molecule has 1 heterocycles. The second-order valence-electron chi connectivity index (χ2n) is 4.52. The van der Waals surface area contributed by atoms with E-state index < -0.39 is 29.2 Å². The van der Waals surface area contributed by atoms with Gasteiger partial charge in [0.25, 0.3) is 11.5 Å². The third kappa shape index (κ3) is 3.69. The van der Waals surface area contributed by atoms with Crippen molar-refractivity contribution in [3.8, 4) is 0 Å². The maximum Gasteiger partial charge on any atom is 0.325 e. The average Bonchev–Trinajstić information content (AvgIpc) is 2.46. The molecule has 0 radical (unpaired) electrons. The fraction of sp³-hybridized carbons (Fsp3) is 0.143. The van der Waals surface area contributed by atoms with Gasteiger partial charge in [-0.25, -0.2) is 4.79 Å². The number of hydrogen-bond acceptors (Lipinski definition) is 4. The van der Waals surface area contributed by atoms with Gasteiger partial charge in [-0.1, -0.05) is 30.3 Å². The van der Waals surface area contributed by atoms with E-state index in [1.165, 1.54) is 0 Å². The molecule has 0 unspecified atom stereocenters. The summed E-state index contributed by atoms with van der Waals surface area (Å²) in [6.45, 7) is 0. The van der Waals surface area contributed by atoms with Crippen LogP contribution in [0.5, 0.6) is 0 Å². The molecule has 4 N–H and O–H groups in total. The predicted octanol–water partition coefficient (Wildman–Crippen LogP) is 0.00900. The highest BCUT2D eigenvalue weighted by atomic mass is 16.4. The first-order valence-electron chi connectivity index (χ1n) is 6.37. The minimum atomic E-state index is -1.09. The summed E-state index contributed by atoms with van der Waals surface area (Å²) < 4.78 is 0. The summed E-state index contributed by atoms with van der Waals surface area (Å²) in [5, 5.41) is 11.4. The van der Waals surface area contributed by atoms with Crippen LogP contribution in [0.3, 0.4) is 0 Å². The molecule has 1 aromatic carbocycles. The molecule has 0 saturated carbocycles. The van der Waals surface area contributed by atoms with E-state index in [2.05, 4.69) is 10.3 Å². The molecule has 22 heavy (non-hydrogen) atoms. The lowest BCUT2D eigenvalue weighted by atomic mass is 10.0. The maximum absolute atomic E-state index is 12.1. The Morgan fingerprint density at radius 1 is 1.18 bits per heavy atom. The van der Waals surface area contributed by atoms with E-state index in [-0.39, 0.29) is 12.0 Å². The molecule has 1 amide bonds. The number of rotatable bonds is 5. The molecule has 2 rings (SSSR count). The van der Waals surface area contributed by atoms with Gasteiger partial charge in [0.1, 0.15) is 5.56 Å². The highest BCUT2D eigenvalue weighted by Crippen LogP contribution is 2.16. The van der Waals surface area contributed by atoms with Gasteiger partial charge in [-0.3, -0.25) is 19.4 Å². The lowest BCUT2D eigenvalue weighted by Crippen LogP contribution is -2.36. The largest absolute Gasteiger partial charge is 0.481 e. The van der Waals surface area contributed by atoms with Crippen LogP contribution in [0.4, 0.5) is 0 Å². The summed E-state index contributed by atoms with van der Waals surface area (Å²) in [4.78, 5) is 49.7. The molecule has 0 aliphatic rings. The Bertz CT molecular complexity index is 794. The van der Waals surface area contributed by atoms with Crippen molar-refractivity contribution in [2.24, 2.45) is 0 Å². The number of carboxylic acid groups (broad SMARTS) is 1. The Morgan fingerprint density at radius 3 is 2.45 bits per heavy atom. The number of nitrogens with one attached hydrogen (secondary N) is 3. The summed E-state index contributed by atoms with van der Waals surface area (Å²) in [5.41, 5.74) is -1.28. The molecular weight excluding hydrogens is 290 g/mol. The highest BCUT2D eigenvalue weighted by Gasteiger charge is 2.20. The van der Waals surface area contributed by atoms with Crippen molar-refractivity contribution in [1.82, 2.24) is 15.3 Å². The van der Waals surface area contributed by atoms with Crippen LogP contribution in [0.2, 0.25) is 0 Å². The second-order valence-corrected chi connectivity index (χ2v) is 4.52. The van der Waals surface area contributed by atoms with Gasteiger partial charge in [-0.05, 0) is 5.56 Å². The molecule has 0 bridgehead atoms. The smallest absolute Gasteiger partial charge is 0.325 e. The van der Waals surface area contributed by atoms with E-state index in [0.29, 0.717) is 5.56 Å². The minimum Gasteiger partial charge on any atom is -0.481 e. The highest BCUT2D eigenvalue weighted by molar-refractivity contribution is 5.94. The Labute approximate surface area is 123 Å². The molecule has 0 fully saturated rings. The number of aromatic nitrogens is 2. The zero-order chi connectivity index (χ0) is 16.1. The summed E-state index contributed by atoms with van der Waals surface area (Å²) in [7, 11) is 0. The molecule has 1 aromatic heterocycles. The van der Waals surface area contributed by atoms with Crippen LogP contribution in [0.15, 0.2) is 46.1 Å². The van der Waals surface area contributed by atoms with Crippen molar-refractivity contribution in [2.75, 3.05) is 0 Å². The van der Waals surface area contributed by atoms with Crippen molar-refractivity contribution in [2.45, 2.75) is 12.5 Å². The number of carbonyl (C=O) groups is 2. The van der Waals surface area contributed by atoms with E-state index in [1.54, 1.807) is 30.3 Å². The topological polar surface area (TPSA) is 132 Å². The van der Waals surface area contributed by atoms with Crippen LogP contribution in [0, 0.1) is 0 Å². The van der Waals surface area contributed by atoms with Gasteiger partial charge in [0.2, 0.25) is 0 Å². The van der Waals surface area contributed by atoms with Crippen molar-refractivity contribution in [3.63, 3.8) is 0 Å². The number of carbonyl (C=O) groups excluding carboxylic acids is 1. The third-order valence-corrected chi connectivity index (χ3v) is 2.95. The first-order valence-corrected chi connectivity index (χ1v) is 6.37. The number of amides is 1. The molecule has 2 aromatic rings. The normalized spacial score (nSPS) is 11.6. The molecule has 0 aliphatic heterocycles. The number of carboxylic acids is 1. The average molecular weight is 303 g/mol. The van der Waals surface area contributed by atoms with Gasteiger partial charge in [-0.2, -0.15) is 0 Å². The number of aliphatic carboxylic acids is 1. The quantitative estimate of drug-likeness (QED) is 0.617. The monoisotopic (exact) mass is 303 g/mol. The van der Waals surface area contributed by atoms with Crippen LogP contribution >= 0.6 is 0 Å². The fourth-order valence-corrected chi connectivity index (χ4v) is 1.93. The Balaban J connectivity index is 2.27. The fourth-order valence-electron chi connectivity index (χ4n) is 1.93. The van der Waals surface area contributed by atoms with Crippen molar-refractivity contribution >= 4 is 11.9 Å². The number of aromatic amines is 2. The maximum atomic E-state index is 12.1. The molecule has 0 aliphatic carbocycles. The summed E-state index contributed by atoms with van der Waals surface area (Å²) in [5.74, 6) is -1.86. The van der Waals surface area contributed by atoms with Crippen LogP contribution in [-0.4, -0.2) is 27.0 Å². The first-order chi connectivity index (χ1) is 10.5. The van der Waals surface area contributed by atoms with Gasteiger partial charge in [0.05, 0.1) is 12.5 Å². The van der Waals surface area contributed by atoms with Gasteiger partial charge < -0.3 is 15.4 Å². The number of hydrogen-bond donors (Lipinski definition) is 4. The number of benzene rings is 1. The Kier molecular flexibility index (Phi) is 4.52. The van der Waals surface area contributed by atoms with Crippen molar-refractivity contribution in [1.29, 1.82) is 0 Å². The Hall–Kier alpha value is -3.16. The van der Waals surface area contributed by atoms with E-state index in [1.807, 2.05) is 4.98 Å². The lowest BCUT2D eigenvalue weighted by Gasteiger charge is -2.17. The van der Waals surface area contributed by atoms with Gasteiger partial charge in [0, 0.05) is 6.20 Å². The Morgan fingerprint density at radius 2 is 1.86 bits per heavy atom.